The predicted octanol–water partition coefficient (Wildman–Crippen LogP) is 1.97. The molecule has 0 unspecified atom stereocenters. The molecule has 4 nitrogen and oxygen atoms in total. The monoisotopic (exact) mass is 276 g/mol. The molecule has 0 amide bonds. The summed E-state index contributed by atoms with van der Waals surface area (Å²) >= 11 is 0. The van der Waals surface area contributed by atoms with Crippen LogP contribution < -0.4 is 10.1 Å². The van der Waals surface area contributed by atoms with E-state index in [1.54, 1.807) is 0 Å². The third kappa shape index (κ3) is 2.76. The highest BCUT2D eigenvalue weighted by Gasteiger charge is 2.34. The summed E-state index contributed by atoms with van der Waals surface area (Å²) in [6.07, 6.45) is 2.62. The Kier molecular flexibility index (Phi) is 4.13. The summed E-state index contributed by atoms with van der Waals surface area (Å²) in [7, 11) is 0. The third-order valence-electron chi connectivity index (χ3n) is 4.45. The summed E-state index contributed by atoms with van der Waals surface area (Å²) in [5.74, 6) is 1.68. The fourth-order valence-electron chi connectivity index (χ4n) is 3.47. The van der Waals surface area contributed by atoms with Crippen LogP contribution >= 0.6 is 0 Å². The normalized spacial score (nSPS) is 26.4. The summed E-state index contributed by atoms with van der Waals surface area (Å²) in [5, 5.41) is 13.9. The van der Waals surface area contributed by atoms with Crippen LogP contribution in [0.15, 0.2) is 18.2 Å². The van der Waals surface area contributed by atoms with Gasteiger partial charge in [0, 0.05) is 31.2 Å². The number of fused-ring (bicyclic) bond motifs is 1. The fraction of sp³-hybridized carbons (Fsp3) is 0.625. The summed E-state index contributed by atoms with van der Waals surface area (Å²) in [6, 6.07) is 6.42. The second-order valence-electron chi connectivity index (χ2n) is 5.85. The van der Waals surface area contributed by atoms with Crippen molar-refractivity contribution in [2.24, 2.45) is 5.92 Å². The van der Waals surface area contributed by atoms with Crippen molar-refractivity contribution in [1.29, 1.82) is 0 Å². The molecule has 2 atom stereocenters. The van der Waals surface area contributed by atoms with Gasteiger partial charge in [-0.05, 0) is 38.3 Å². The zero-order chi connectivity index (χ0) is 13.9. The minimum atomic E-state index is 0.303. The van der Waals surface area contributed by atoms with Crippen LogP contribution in [0.1, 0.15) is 25.3 Å². The van der Waals surface area contributed by atoms with Crippen LogP contribution in [0.5, 0.6) is 11.5 Å². The molecule has 0 radical (unpaired) electrons. The van der Waals surface area contributed by atoms with E-state index in [1.807, 2.05) is 25.1 Å². The van der Waals surface area contributed by atoms with Crippen molar-refractivity contribution in [3.63, 3.8) is 0 Å². The van der Waals surface area contributed by atoms with Gasteiger partial charge in [0.1, 0.15) is 0 Å². The number of para-hydroxylation sites is 1. The molecular weight excluding hydrogens is 252 g/mol. The van der Waals surface area contributed by atoms with Gasteiger partial charge in [-0.25, -0.2) is 0 Å². The number of nitrogens with zero attached hydrogens (tertiary/aromatic N) is 1. The number of aromatic hydroxyl groups is 1. The second-order valence-corrected chi connectivity index (χ2v) is 5.85. The molecular formula is C16H24N2O2. The molecule has 0 spiro atoms. The van der Waals surface area contributed by atoms with Crippen LogP contribution in [0, 0.1) is 5.92 Å². The molecule has 2 aliphatic heterocycles. The van der Waals surface area contributed by atoms with Crippen LogP contribution in [-0.4, -0.2) is 42.3 Å². The second kappa shape index (κ2) is 6.02. The average Bonchev–Trinajstić information content (AvgIpc) is 2.86. The SMILES string of the molecule is CCOc1cccc(CN2C[C@@H]3CCCN[C@@H]3C2)c1O. The molecule has 3 rings (SSSR count). The minimum Gasteiger partial charge on any atom is -0.504 e. The Labute approximate surface area is 120 Å². The Morgan fingerprint density at radius 3 is 3.10 bits per heavy atom. The molecule has 2 fully saturated rings. The van der Waals surface area contributed by atoms with E-state index in [4.69, 9.17) is 4.74 Å². The molecule has 0 saturated carbocycles. The summed E-state index contributed by atoms with van der Waals surface area (Å²) in [6.45, 7) is 6.69. The zero-order valence-corrected chi connectivity index (χ0v) is 12.1. The Hall–Kier alpha value is -1.26. The van der Waals surface area contributed by atoms with Crippen molar-refractivity contribution >= 4 is 0 Å². The van der Waals surface area contributed by atoms with Gasteiger partial charge in [0.2, 0.25) is 0 Å². The van der Waals surface area contributed by atoms with E-state index in [0.29, 0.717) is 24.1 Å². The van der Waals surface area contributed by atoms with E-state index < -0.39 is 0 Å². The van der Waals surface area contributed by atoms with Gasteiger partial charge in [-0.15, -0.1) is 0 Å². The summed E-state index contributed by atoms with van der Waals surface area (Å²) < 4.78 is 5.46. The standard InChI is InChI=1S/C16H24N2O2/c1-2-20-15-7-3-5-13(16(15)19)10-18-9-12-6-4-8-17-14(12)11-18/h3,5,7,12,14,17,19H,2,4,6,8-11H2,1H3/t12-,14+/m0/s1. The average molecular weight is 276 g/mol. The Bertz CT molecular complexity index is 450. The quantitative estimate of drug-likeness (QED) is 0.882. The maximum atomic E-state index is 10.3. The number of hydrogen-bond donors (Lipinski definition) is 2. The van der Waals surface area contributed by atoms with Crippen LogP contribution in [-0.2, 0) is 6.54 Å². The number of hydrogen-bond acceptors (Lipinski definition) is 4. The van der Waals surface area contributed by atoms with Gasteiger partial charge in [-0.3, -0.25) is 4.90 Å². The minimum absolute atomic E-state index is 0.303. The van der Waals surface area contributed by atoms with Crippen LogP contribution in [0.3, 0.4) is 0 Å². The molecule has 0 aromatic heterocycles. The number of phenolic OH excluding ortho intramolecular Hbond substituents is 1. The first kappa shape index (κ1) is 13.7. The lowest BCUT2D eigenvalue weighted by molar-refractivity contribution is 0.295. The number of likely N-dealkylation sites (tertiary alicyclic amines) is 1. The molecule has 20 heavy (non-hydrogen) atoms. The molecule has 110 valence electrons. The van der Waals surface area contributed by atoms with Crippen molar-refractivity contribution in [3.05, 3.63) is 23.8 Å². The first-order chi connectivity index (χ1) is 9.78. The Morgan fingerprint density at radius 1 is 1.40 bits per heavy atom. The number of phenols is 1. The van der Waals surface area contributed by atoms with Gasteiger partial charge in [0.25, 0.3) is 0 Å². The van der Waals surface area contributed by atoms with Crippen molar-refractivity contribution in [2.45, 2.75) is 32.4 Å². The molecule has 0 bridgehead atoms. The van der Waals surface area contributed by atoms with E-state index in [2.05, 4.69) is 10.2 Å². The maximum absolute atomic E-state index is 10.3. The third-order valence-corrected chi connectivity index (χ3v) is 4.45. The van der Waals surface area contributed by atoms with E-state index in [-0.39, 0.29) is 0 Å². The zero-order valence-electron chi connectivity index (χ0n) is 12.1. The van der Waals surface area contributed by atoms with Crippen molar-refractivity contribution in [3.8, 4) is 11.5 Å². The predicted molar refractivity (Wildman–Crippen MR) is 79.1 cm³/mol. The van der Waals surface area contributed by atoms with Gasteiger partial charge >= 0.3 is 0 Å². The first-order valence-electron chi connectivity index (χ1n) is 7.67. The fourth-order valence-corrected chi connectivity index (χ4v) is 3.47. The lowest BCUT2D eigenvalue weighted by Gasteiger charge is -2.24. The topological polar surface area (TPSA) is 44.7 Å². The van der Waals surface area contributed by atoms with Crippen LogP contribution in [0.25, 0.3) is 0 Å². The highest BCUT2D eigenvalue weighted by Crippen LogP contribution is 2.32. The van der Waals surface area contributed by atoms with Crippen molar-refractivity contribution in [1.82, 2.24) is 10.2 Å². The molecule has 0 aliphatic carbocycles. The first-order valence-corrected chi connectivity index (χ1v) is 7.67. The molecule has 2 saturated heterocycles. The number of nitrogens with one attached hydrogen (secondary N) is 1. The van der Waals surface area contributed by atoms with Gasteiger partial charge in [0.15, 0.2) is 11.5 Å². The lowest BCUT2D eigenvalue weighted by Crippen LogP contribution is -2.40. The van der Waals surface area contributed by atoms with E-state index >= 15 is 0 Å². The Balaban J connectivity index is 1.67. The van der Waals surface area contributed by atoms with Crippen LogP contribution in [0.2, 0.25) is 0 Å². The molecule has 1 aromatic carbocycles. The smallest absolute Gasteiger partial charge is 0.162 e. The summed E-state index contributed by atoms with van der Waals surface area (Å²) in [5.41, 5.74) is 0.967. The molecule has 2 N–H and O–H groups in total. The molecule has 2 heterocycles. The van der Waals surface area contributed by atoms with E-state index in [1.165, 1.54) is 12.8 Å². The van der Waals surface area contributed by atoms with Gasteiger partial charge in [-0.1, -0.05) is 12.1 Å². The molecule has 4 heteroatoms. The number of piperidine rings is 1. The molecule has 1 aromatic rings. The van der Waals surface area contributed by atoms with Gasteiger partial charge < -0.3 is 15.2 Å². The highest BCUT2D eigenvalue weighted by molar-refractivity contribution is 5.45. The number of benzene rings is 1. The highest BCUT2D eigenvalue weighted by atomic mass is 16.5. The maximum Gasteiger partial charge on any atom is 0.162 e. The van der Waals surface area contributed by atoms with Gasteiger partial charge in [-0.2, -0.15) is 0 Å². The van der Waals surface area contributed by atoms with Crippen LogP contribution in [0.4, 0.5) is 0 Å². The van der Waals surface area contributed by atoms with E-state index in [0.717, 1.165) is 37.7 Å². The molecule has 2 aliphatic rings. The van der Waals surface area contributed by atoms with E-state index in [9.17, 15) is 5.11 Å². The number of ether oxygens (including phenoxy) is 1. The van der Waals surface area contributed by atoms with Crippen molar-refractivity contribution < 1.29 is 9.84 Å². The number of rotatable bonds is 4. The van der Waals surface area contributed by atoms with Gasteiger partial charge in [0.05, 0.1) is 6.61 Å². The largest absolute Gasteiger partial charge is 0.504 e. The lowest BCUT2D eigenvalue weighted by atomic mass is 9.94. The Morgan fingerprint density at radius 2 is 2.30 bits per heavy atom. The van der Waals surface area contributed by atoms with Crippen molar-refractivity contribution in [2.75, 3.05) is 26.2 Å². The summed E-state index contributed by atoms with van der Waals surface area (Å²) in [4.78, 5) is 2.44.